The standard InChI is InChI=1S/C29H58O6/c1-2-3-4-5-6-7-8-9-10-11-12-13-14-15-16-17-18-19-20-21-22-23-34-29-28(33)27(32)26(31)25(24-30)35-29/h25-33H,2-24H2,1H3/t25-,26-,27+,28-,29+/m0/s1. The Labute approximate surface area is 215 Å². The maximum absolute atomic E-state index is 9.95. The van der Waals surface area contributed by atoms with Gasteiger partial charge in [-0.25, -0.2) is 0 Å². The van der Waals surface area contributed by atoms with Crippen LogP contribution in [-0.2, 0) is 9.47 Å². The van der Waals surface area contributed by atoms with Crippen molar-refractivity contribution in [1.82, 2.24) is 0 Å². The van der Waals surface area contributed by atoms with E-state index in [4.69, 9.17) is 9.47 Å². The van der Waals surface area contributed by atoms with Gasteiger partial charge in [-0.3, -0.25) is 0 Å². The van der Waals surface area contributed by atoms with Gasteiger partial charge in [0.05, 0.1) is 6.61 Å². The highest BCUT2D eigenvalue weighted by Gasteiger charge is 2.43. The summed E-state index contributed by atoms with van der Waals surface area (Å²) in [5.74, 6) is 0. The van der Waals surface area contributed by atoms with Gasteiger partial charge in [-0.2, -0.15) is 0 Å². The van der Waals surface area contributed by atoms with Crippen LogP contribution in [0.15, 0.2) is 0 Å². The van der Waals surface area contributed by atoms with Gasteiger partial charge in [0.25, 0.3) is 0 Å². The van der Waals surface area contributed by atoms with Gasteiger partial charge in [0.15, 0.2) is 6.29 Å². The van der Waals surface area contributed by atoms with Gasteiger partial charge < -0.3 is 29.9 Å². The summed E-state index contributed by atoms with van der Waals surface area (Å²) in [6.07, 6.45) is 22.3. The third-order valence-electron chi connectivity index (χ3n) is 7.38. The fraction of sp³-hybridized carbons (Fsp3) is 1.00. The van der Waals surface area contributed by atoms with E-state index in [1.165, 1.54) is 122 Å². The minimum absolute atomic E-state index is 0.426. The number of rotatable bonds is 24. The zero-order chi connectivity index (χ0) is 25.6. The van der Waals surface area contributed by atoms with Gasteiger partial charge in [0, 0.05) is 6.61 Å². The summed E-state index contributed by atoms with van der Waals surface area (Å²) in [7, 11) is 0. The van der Waals surface area contributed by atoms with Crippen LogP contribution in [-0.4, -0.2) is 64.3 Å². The lowest BCUT2D eigenvalue weighted by Crippen LogP contribution is -2.59. The summed E-state index contributed by atoms with van der Waals surface area (Å²) in [5.41, 5.74) is 0. The molecule has 1 aliphatic heterocycles. The maximum Gasteiger partial charge on any atom is 0.186 e. The molecule has 1 saturated heterocycles. The molecule has 0 spiro atoms. The van der Waals surface area contributed by atoms with Crippen LogP contribution in [0.1, 0.15) is 142 Å². The number of hydrogen-bond donors (Lipinski definition) is 4. The van der Waals surface area contributed by atoms with Gasteiger partial charge in [0.1, 0.15) is 24.4 Å². The molecule has 0 aromatic carbocycles. The number of aliphatic hydroxyl groups is 4. The Hall–Kier alpha value is -0.240. The van der Waals surface area contributed by atoms with Crippen LogP contribution < -0.4 is 0 Å². The van der Waals surface area contributed by atoms with Crippen LogP contribution in [0.2, 0.25) is 0 Å². The molecule has 35 heavy (non-hydrogen) atoms. The molecule has 0 aliphatic carbocycles. The summed E-state index contributed by atoms with van der Waals surface area (Å²) >= 11 is 0. The molecule has 0 unspecified atom stereocenters. The molecule has 0 aromatic rings. The Balaban J connectivity index is 1.78. The highest BCUT2D eigenvalue weighted by molar-refractivity contribution is 4.88. The van der Waals surface area contributed by atoms with Gasteiger partial charge >= 0.3 is 0 Å². The summed E-state index contributed by atoms with van der Waals surface area (Å²) in [4.78, 5) is 0. The SMILES string of the molecule is CCCCCCCCCCCCCCCCCCCCCCCO[C@@H]1O[C@@H](CO)[C@H](O)[C@@H](O)[C@@H]1O. The van der Waals surface area contributed by atoms with Crippen LogP contribution in [0.4, 0.5) is 0 Å². The molecule has 1 heterocycles. The van der Waals surface area contributed by atoms with Crippen molar-refractivity contribution in [1.29, 1.82) is 0 Å². The highest BCUT2D eigenvalue weighted by Crippen LogP contribution is 2.22. The van der Waals surface area contributed by atoms with Crippen LogP contribution in [0.5, 0.6) is 0 Å². The Morgan fingerprint density at radius 1 is 0.514 bits per heavy atom. The van der Waals surface area contributed by atoms with E-state index in [0.717, 1.165) is 12.8 Å². The van der Waals surface area contributed by atoms with E-state index in [2.05, 4.69) is 6.92 Å². The second-order valence-corrected chi connectivity index (χ2v) is 10.6. The van der Waals surface area contributed by atoms with Gasteiger partial charge in [-0.15, -0.1) is 0 Å². The summed E-state index contributed by atoms with van der Waals surface area (Å²) < 4.78 is 10.9. The fourth-order valence-corrected chi connectivity index (χ4v) is 4.94. The molecule has 0 saturated carbocycles. The molecule has 0 amide bonds. The van der Waals surface area contributed by atoms with Crippen LogP contribution in [0, 0.1) is 0 Å². The van der Waals surface area contributed by atoms with Crippen molar-refractivity contribution < 1.29 is 29.9 Å². The minimum atomic E-state index is -1.37. The molecule has 5 atom stereocenters. The van der Waals surface area contributed by atoms with Gasteiger partial charge in [-0.1, -0.05) is 135 Å². The number of aliphatic hydroxyl groups excluding tert-OH is 4. The van der Waals surface area contributed by atoms with E-state index in [0.29, 0.717) is 6.61 Å². The normalized spacial score (nSPS) is 24.8. The van der Waals surface area contributed by atoms with Crippen molar-refractivity contribution in [2.45, 2.75) is 172 Å². The fourth-order valence-electron chi connectivity index (χ4n) is 4.94. The number of ether oxygens (including phenoxy) is 2. The number of unbranched alkanes of at least 4 members (excludes halogenated alkanes) is 20. The largest absolute Gasteiger partial charge is 0.394 e. The lowest BCUT2D eigenvalue weighted by atomic mass is 9.99. The third-order valence-corrected chi connectivity index (χ3v) is 7.38. The molecule has 6 heteroatoms. The van der Waals surface area contributed by atoms with E-state index in [1.807, 2.05) is 0 Å². The molecular weight excluding hydrogens is 444 g/mol. The zero-order valence-electron chi connectivity index (χ0n) is 22.8. The van der Waals surface area contributed by atoms with Crippen LogP contribution >= 0.6 is 0 Å². The Kier molecular flexibility index (Phi) is 21.5. The lowest BCUT2D eigenvalue weighted by Gasteiger charge is -2.39. The van der Waals surface area contributed by atoms with Crippen molar-refractivity contribution in [2.75, 3.05) is 13.2 Å². The Morgan fingerprint density at radius 3 is 1.26 bits per heavy atom. The highest BCUT2D eigenvalue weighted by atomic mass is 16.7. The maximum atomic E-state index is 9.95. The first kappa shape index (κ1) is 32.8. The lowest BCUT2D eigenvalue weighted by molar-refractivity contribution is -0.301. The average molecular weight is 503 g/mol. The van der Waals surface area contributed by atoms with Gasteiger partial charge in [0.2, 0.25) is 0 Å². The molecule has 210 valence electrons. The first-order valence-electron chi connectivity index (χ1n) is 15.0. The molecule has 0 aromatic heterocycles. The predicted molar refractivity (Wildman–Crippen MR) is 142 cm³/mol. The summed E-state index contributed by atoms with van der Waals surface area (Å²) in [6.45, 7) is 2.29. The molecule has 1 aliphatic rings. The van der Waals surface area contributed by atoms with E-state index < -0.39 is 37.3 Å². The topological polar surface area (TPSA) is 99.4 Å². The second-order valence-electron chi connectivity index (χ2n) is 10.6. The Bertz CT molecular complexity index is 447. The molecule has 1 rings (SSSR count). The second kappa shape index (κ2) is 22.9. The van der Waals surface area contributed by atoms with Crippen LogP contribution in [0.3, 0.4) is 0 Å². The smallest absolute Gasteiger partial charge is 0.186 e. The van der Waals surface area contributed by atoms with Crippen molar-refractivity contribution in [3.63, 3.8) is 0 Å². The molecular formula is C29H58O6. The van der Waals surface area contributed by atoms with Crippen LogP contribution in [0.25, 0.3) is 0 Å². The zero-order valence-corrected chi connectivity index (χ0v) is 22.8. The van der Waals surface area contributed by atoms with E-state index >= 15 is 0 Å². The quantitative estimate of drug-likeness (QED) is 0.121. The van der Waals surface area contributed by atoms with E-state index in [1.54, 1.807) is 0 Å². The van der Waals surface area contributed by atoms with Crippen molar-refractivity contribution in [2.24, 2.45) is 0 Å². The van der Waals surface area contributed by atoms with Gasteiger partial charge in [-0.05, 0) is 6.42 Å². The summed E-state index contributed by atoms with van der Waals surface area (Å²) in [6, 6.07) is 0. The predicted octanol–water partition coefficient (Wildman–Crippen LogP) is 6.01. The van der Waals surface area contributed by atoms with Crippen molar-refractivity contribution in [3.8, 4) is 0 Å². The van der Waals surface area contributed by atoms with E-state index in [9.17, 15) is 20.4 Å². The Morgan fingerprint density at radius 2 is 0.886 bits per heavy atom. The monoisotopic (exact) mass is 502 g/mol. The third kappa shape index (κ3) is 16.3. The minimum Gasteiger partial charge on any atom is -0.394 e. The van der Waals surface area contributed by atoms with E-state index in [-0.39, 0.29) is 0 Å². The first-order valence-corrected chi connectivity index (χ1v) is 15.0. The van der Waals surface area contributed by atoms with Crippen molar-refractivity contribution >= 4 is 0 Å². The molecule has 6 nitrogen and oxygen atoms in total. The molecule has 0 radical (unpaired) electrons. The average Bonchev–Trinajstić information content (AvgIpc) is 2.86. The number of hydrogen-bond acceptors (Lipinski definition) is 6. The first-order chi connectivity index (χ1) is 17.1. The van der Waals surface area contributed by atoms with Crippen molar-refractivity contribution in [3.05, 3.63) is 0 Å². The molecule has 1 fully saturated rings. The molecule has 0 bridgehead atoms. The molecule has 4 N–H and O–H groups in total. The summed E-state index contributed by atoms with van der Waals surface area (Å²) in [5, 5.41) is 38.7.